The second-order valence-electron chi connectivity index (χ2n) is 4.76. The number of carbonyl (C=O) groups excluding carboxylic acids is 1. The summed E-state index contributed by atoms with van der Waals surface area (Å²) in [6, 6.07) is 7.79. The first-order valence-corrected chi connectivity index (χ1v) is 6.84. The largest absolute Gasteiger partial charge is 0.491 e. The van der Waals surface area contributed by atoms with Crippen molar-refractivity contribution < 1.29 is 9.53 Å². The molecule has 0 aliphatic rings. The zero-order valence-corrected chi connectivity index (χ0v) is 12.0. The normalized spacial score (nSPS) is 10.5. The SMILES string of the molecule is CCCNCC(=O)NCc1ccc(OC(C)C)cc1. The molecule has 0 radical (unpaired) electrons. The van der Waals surface area contributed by atoms with Gasteiger partial charge in [0.1, 0.15) is 5.75 Å². The van der Waals surface area contributed by atoms with E-state index in [-0.39, 0.29) is 12.0 Å². The van der Waals surface area contributed by atoms with Gasteiger partial charge in [0.05, 0.1) is 12.6 Å². The Morgan fingerprint density at radius 3 is 2.53 bits per heavy atom. The molecule has 1 amide bonds. The van der Waals surface area contributed by atoms with E-state index in [4.69, 9.17) is 4.74 Å². The van der Waals surface area contributed by atoms with Gasteiger partial charge in [-0.05, 0) is 44.5 Å². The minimum absolute atomic E-state index is 0.0240. The van der Waals surface area contributed by atoms with E-state index in [1.54, 1.807) is 0 Å². The third-order valence-electron chi connectivity index (χ3n) is 2.50. The molecule has 1 rings (SSSR count). The molecule has 0 aliphatic carbocycles. The van der Waals surface area contributed by atoms with E-state index in [1.807, 2.05) is 38.1 Å². The van der Waals surface area contributed by atoms with Gasteiger partial charge in [-0.15, -0.1) is 0 Å². The molecule has 106 valence electrons. The fourth-order valence-electron chi connectivity index (χ4n) is 1.60. The van der Waals surface area contributed by atoms with Crippen molar-refractivity contribution >= 4 is 5.91 Å². The van der Waals surface area contributed by atoms with Crippen LogP contribution in [0.25, 0.3) is 0 Å². The van der Waals surface area contributed by atoms with Gasteiger partial charge in [0, 0.05) is 6.54 Å². The zero-order chi connectivity index (χ0) is 14.1. The Kier molecular flexibility index (Phi) is 6.97. The lowest BCUT2D eigenvalue weighted by atomic mass is 10.2. The number of rotatable bonds is 8. The molecule has 0 saturated carbocycles. The standard InChI is InChI=1S/C15H24N2O2/c1-4-9-16-11-15(18)17-10-13-5-7-14(8-6-13)19-12(2)3/h5-8,12,16H,4,9-11H2,1-3H3,(H,17,18). The summed E-state index contributed by atoms with van der Waals surface area (Å²) in [6.07, 6.45) is 1.21. The van der Waals surface area contributed by atoms with Crippen LogP contribution in [0.5, 0.6) is 5.75 Å². The number of nitrogens with one attached hydrogen (secondary N) is 2. The maximum absolute atomic E-state index is 11.5. The van der Waals surface area contributed by atoms with Crippen molar-refractivity contribution in [3.63, 3.8) is 0 Å². The summed E-state index contributed by atoms with van der Waals surface area (Å²) in [4.78, 5) is 11.5. The van der Waals surface area contributed by atoms with E-state index in [0.717, 1.165) is 24.3 Å². The van der Waals surface area contributed by atoms with Gasteiger partial charge in [-0.25, -0.2) is 0 Å². The second kappa shape index (κ2) is 8.53. The Morgan fingerprint density at radius 1 is 1.26 bits per heavy atom. The van der Waals surface area contributed by atoms with Gasteiger partial charge in [-0.2, -0.15) is 0 Å². The van der Waals surface area contributed by atoms with Crippen molar-refractivity contribution in [2.45, 2.75) is 39.8 Å². The average Bonchev–Trinajstić information content (AvgIpc) is 2.37. The molecule has 0 fully saturated rings. The molecule has 0 unspecified atom stereocenters. The highest BCUT2D eigenvalue weighted by Crippen LogP contribution is 2.13. The fraction of sp³-hybridized carbons (Fsp3) is 0.533. The van der Waals surface area contributed by atoms with Crippen LogP contribution in [0.15, 0.2) is 24.3 Å². The van der Waals surface area contributed by atoms with Crippen LogP contribution in [0.4, 0.5) is 0 Å². The Bertz CT molecular complexity index is 374. The van der Waals surface area contributed by atoms with Gasteiger partial charge >= 0.3 is 0 Å². The topological polar surface area (TPSA) is 50.4 Å². The van der Waals surface area contributed by atoms with Crippen LogP contribution in [0.3, 0.4) is 0 Å². The van der Waals surface area contributed by atoms with Gasteiger partial charge < -0.3 is 15.4 Å². The number of ether oxygens (including phenoxy) is 1. The average molecular weight is 264 g/mol. The molecule has 0 atom stereocenters. The van der Waals surface area contributed by atoms with Crippen molar-refractivity contribution in [3.8, 4) is 5.75 Å². The minimum Gasteiger partial charge on any atom is -0.491 e. The number of amides is 1. The minimum atomic E-state index is 0.0240. The molecule has 0 aliphatic heterocycles. The molecule has 0 heterocycles. The molecule has 19 heavy (non-hydrogen) atoms. The highest BCUT2D eigenvalue weighted by Gasteiger charge is 2.01. The number of carbonyl (C=O) groups is 1. The van der Waals surface area contributed by atoms with Crippen LogP contribution in [0.1, 0.15) is 32.8 Å². The van der Waals surface area contributed by atoms with Crippen molar-refractivity contribution in [1.82, 2.24) is 10.6 Å². The molecule has 0 spiro atoms. The van der Waals surface area contributed by atoms with Crippen LogP contribution >= 0.6 is 0 Å². The van der Waals surface area contributed by atoms with E-state index in [0.29, 0.717) is 13.1 Å². The maximum atomic E-state index is 11.5. The van der Waals surface area contributed by atoms with Gasteiger partial charge in [0.25, 0.3) is 0 Å². The van der Waals surface area contributed by atoms with Crippen LogP contribution < -0.4 is 15.4 Å². The number of hydrogen-bond acceptors (Lipinski definition) is 3. The maximum Gasteiger partial charge on any atom is 0.234 e. The summed E-state index contributed by atoms with van der Waals surface area (Å²) in [5, 5.41) is 5.95. The van der Waals surface area contributed by atoms with Crippen molar-refractivity contribution in [3.05, 3.63) is 29.8 Å². The van der Waals surface area contributed by atoms with Gasteiger partial charge in [0.2, 0.25) is 5.91 Å². The van der Waals surface area contributed by atoms with E-state index in [1.165, 1.54) is 0 Å². The van der Waals surface area contributed by atoms with Crippen molar-refractivity contribution in [2.75, 3.05) is 13.1 Å². The molecule has 4 heteroatoms. The molecular formula is C15H24N2O2. The lowest BCUT2D eigenvalue weighted by Crippen LogP contribution is -2.33. The van der Waals surface area contributed by atoms with Gasteiger partial charge in [-0.1, -0.05) is 19.1 Å². The lowest BCUT2D eigenvalue weighted by molar-refractivity contribution is -0.120. The Balaban J connectivity index is 2.31. The highest BCUT2D eigenvalue weighted by atomic mass is 16.5. The van der Waals surface area contributed by atoms with Crippen LogP contribution in [0, 0.1) is 0 Å². The summed E-state index contributed by atoms with van der Waals surface area (Å²) in [7, 11) is 0. The summed E-state index contributed by atoms with van der Waals surface area (Å²) < 4.78 is 5.56. The second-order valence-corrected chi connectivity index (χ2v) is 4.76. The first-order valence-electron chi connectivity index (χ1n) is 6.84. The number of benzene rings is 1. The van der Waals surface area contributed by atoms with Crippen LogP contribution in [-0.2, 0) is 11.3 Å². The molecule has 4 nitrogen and oxygen atoms in total. The molecule has 1 aromatic carbocycles. The Morgan fingerprint density at radius 2 is 1.95 bits per heavy atom. The van der Waals surface area contributed by atoms with E-state index < -0.39 is 0 Å². The monoisotopic (exact) mass is 264 g/mol. The van der Waals surface area contributed by atoms with Crippen LogP contribution in [-0.4, -0.2) is 25.1 Å². The zero-order valence-electron chi connectivity index (χ0n) is 12.0. The predicted molar refractivity (Wildman–Crippen MR) is 77.2 cm³/mol. The molecule has 0 aromatic heterocycles. The number of hydrogen-bond donors (Lipinski definition) is 2. The Hall–Kier alpha value is -1.55. The molecular weight excluding hydrogens is 240 g/mol. The van der Waals surface area contributed by atoms with Crippen molar-refractivity contribution in [2.24, 2.45) is 0 Å². The summed E-state index contributed by atoms with van der Waals surface area (Å²) >= 11 is 0. The van der Waals surface area contributed by atoms with E-state index in [2.05, 4.69) is 17.6 Å². The van der Waals surface area contributed by atoms with Gasteiger partial charge in [-0.3, -0.25) is 4.79 Å². The summed E-state index contributed by atoms with van der Waals surface area (Å²) in [5.41, 5.74) is 1.07. The predicted octanol–water partition coefficient (Wildman–Crippen LogP) is 2.09. The summed E-state index contributed by atoms with van der Waals surface area (Å²) in [6.45, 7) is 7.87. The first kappa shape index (κ1) is 15.5. The first-order chi connectivity index (χ1) is 9.11. The molecule has 1 aromatic rings. The molecule has 0 bridgehead atoms. The van der Waals surface area contributed by atoms with E-state index in [9.17, 15) is 4.79 Å². The molecule has 2 N–H and O–H groups in total. The third-order valence-corrected chi connectivity index (χ3v) is 2.50. The highest BCUT2D eigenvalue weighted by molar-refractivity contribution is 5.77. The Labute approximate surface area is 115 Å². The van der Waals surface area contributed by atoms with Gasteiger partial charge in [0.15, 0.2) is 0 Å². The summed E-state index contributed by atoms with van der Waals surface area (Å²) in [5.74, 6) is 0.880. The fourth-order valence-corrected chi connectivity index (χ4v) is 1.60. The third kappa shape index (κ3) is 6.82. The lowest BCUT2D eigenvalue weighted by Gasteiger charge is -2.10. The van der Waals surface area contributed by atoms with E-state index >= 15 is 0 Å². The quantitative estimate of drug-likeness (QED) is 0.707. The van der Waals surface area contributed by atoms with Crippen molar-refractivity contribution in [1.29, 1.82) is 0 Å². The smallest absolute Gasteiger partial charge is 0.234 e. The molecule has 0 saturated heterocycles. The van der Waals surface area contributed by atoms with Crippen LogP contribution in [0.2, 0.25) is 0 Å².